The summed E-state index contributed by atoms with van der Waals surface area (Å²) in [6.07, 6.45) is 22.8. The third-order valence-electron chi connectivity index (χ3n) is 9.81. The van der Waals surface area contributed by atoms with Gasteiger partial charge in [0.05, 0.1) is 0 Å². The monoisotopic (exact) mass is 691 g/mol. The summed E-state index contributed by atoms with van der Waals surface area (Å²) >= 11 is 0. The van der Waals surface area contributed by atoms with Gasteiger partial charge in [0.15, 0.2) is 0 Å². The molecule has 6 heteroatoms. The highest BCUT2D eigenvalue weighted by molar-refractivity contribution is 5.95. The average Bonchev–Trinajstić information content (AvgIpc) is 3.15. The topological polar surface area (TPSA) is 64.7 Å². The highest BCUT2D eigenvalue weighted by Gasteiger charge is 2.10. The smallest absolute Gasteiger partial charge is 0.251 e. The number of nitrogens with one attached hydrogen (secondary N) is 2. The van der Waals surface area contributed by atoms with Crippen LogP contribution < -0.4 is 10.6 Å². The lowest BCUT2D eigenvalue weighted by atomic mass is 10.0. The summed E-state index contributed by atoms with van der Waals surface area (Å²) in [6.45, 7) is 17.2. The van der Waals surface area contributed by atoms with Crippen LogP contribution in [0.1, 0.15) is 164 Å². The molecule has 0 aliphatic carbocycles. The predicted octanol–water partition coefficient (Wildman–Crippen LogP) is 10.5. The lowest BCUT2D eigenvalue weighted by Gasteiger charge is -2.22. The second-order valence-electron chi connectivity index (χ2n) is 14.3. The number of benzene rings is 2. The molecule has 0 saturated carbocycles. The van der Waals surface area contributed by atoms with Gasteiger partial charge in [0, 0.05) is 24.2 Å². The average molecular weight is 691 g/mol. The second kappa shape index (κ2) is 28.9. The molecule has 0 aliphatic heterocycles. The van der Waals surface area contributed by atoms with Crippen LogP contribution in [-0.4, -0.2) is 74.0 Å². The fourth-order valence-corrected chi connectivity index (χ4v) is 6.51. The molecule has 0 atom stereocenters. The molecule has 2 aromatic rings. The van der Waals surface area contributed by atoms with Crippen molar-refractivity contribution >= 4 is 11.8 Å². The second-order valence-corrected chi connectivity index (χ2v) is 14.3. The minimum atomic E-state index is -0.0181. The Bertz CT molecular complexity index is 1030. The number of carbonyl (C=O) groups is 2. The number of unbranched alkanes of at least 4 members (excludes halogenated alkanes) is 12. The molecule has 2 rings (SSSR count). The van der Waals surface area contributed by atoms with Crippen molar-refractivity contribution in [1.82, 2.24) is 20.4 Å². The van der Waals surface area contributed by atoms with Crippen LogP contribution in [-0.2, 0) is 0 Å². The molecule has 2 aromatic carbocycles. The largest absolute Gasteiger partial charge is 0.352 e. The summed E-state index contributed by atoms with van der Waals surface area (Å²) in [7, 11) is 0. The molecule has 2 N–H and O–H groups in total. The van der Waals surface area contributed by atoms with E-state index in [-0.39, 0.29) is 11.8 Å². The van der Waals surface area contributed by atoms with Crippen LogP contribution in [0.25, 0.3) is 11.1 Å². The molecule has 0 fully saturated rings. The van der Waals surface area contributed by atoms with Gasteiger partial charge in [-0.2, -0.15) is 0 Å². The van der Waals surface area contributed by atoms with Crippen molar-refractivity contribution in [1.29, 1.82) is 0 Å². The third-order valence-corrected chi connectivity index (χ3v) is 9.81. The lowest BCUT2D eigenvalue weighted by molar-refractivity contribution is 0.0943. The number of rotatable bonds is 31. The van der Waals surface area contributed by atoms with E-state index in [0.29, 0.717) is 24.2 Å². The van der Waals surface area contributed by atoms with Gasteiger partial charge in [-0.05, 0) is 113 Å². The van der Waals surface area contributed by atoms with Crippen LogP contribution >= 0.6 is 0 Å². The van der Waals surface area contributed by atoms with Crippen molar-refractivity contribution < 1.29 is 9.59 Å². The molecule has 0 spiro atoms. The molecule has 0 heterocycles. The summed E-state index contributed by atoms with van der Waals surface area (Å²) in [5.74, 6) is -0.0361. The standard InChI is InChI=1S/C44H74N4O2/c1-5-9-13-15-17-19-35-47(33-11-7-3)37-21-31-45-43(49)41-27-23-39(24-28-41)40-25-29-42(30-26-40)44(50)46-32-22-38-48(34-12-8-4)36-20-18-16-14-10-6-2/h23-30H,5-22,31-38H2,1-4H3,(H,45,49)(H,46,50). The normalized spacial score (nSPS) is 11.4. The number of carbonyl (C=O) groups excluding carboxylic acids is 2. The first-order chi connectivity index (χ1) is 24.5. The van der Waals surface area contributed by atoms with Crippen molar-refractivity contribution in [2.45, 2.75) is 143 Å². The minimum Gasteiger partial charge on any atom is -0.352 e. The molecule has 0 bridgehead atoms. The van der Waals surface area contributed by atoms with Crippen molar-refractivity contribution in [2.24, 2.45) is 0 Å². The molecule has 282 valence electrons. The molecule has 0 aliphatic rings. The summed E-state index contributed by atoms with van der Waals surface area (Å²) in [5.41, 5.74) is 3.43. The zero-order chi connectivity index (χ0) is 36.1. The Hall–Kier alpha value is -2.70. The Labute approximate surface area is 307 Å². The Balaban J connectivity index is 1.72. The van der Waals surface area contributed by atoms with Crippen LogP contribution in [0.5, 0.6) is 0 Å². The molecule has 0 radical (unpaired) electrons. The molecule has 50 heavy (non-hydrogen) atoms. The Morgan fingerprint density at radius 1 is 0.400 bits per heavy atom. The van der Waals surface area contributed by atoms with E-state index in [1.165, 1.54) is 116 Å². The van der Waals surface area contributed by atoms with Crippen LogP contribution in [0.2, 0.25) is 0 Å². The van der Waals surface area contributed by atoms with E-state index in [1.54, 1.807) is 0 Å². The zero-order valence-electron chi connectivity index (χ0n) is 32.7. The van der Waals surface area contributed by atoms with E-state index in [4.69, 9.17) is 0 Å². The van der Waals surface area contributed by atoms with E-state index in [9.17, 15) is 9.59 Å². The highest BCUT2D eigenvalue weighted by atomic mass is 16.2. The van der Waals surface area contributed by atoms with E-state index < -0.39 is 0 Å². The minimum absolute atomic E-state index is 0.0181. The molecule has 0 saturated heterocycles. The first kappa shape index (κ1) is 43.5. The molecular weight excluding hydrogens is 617 g/mol. The van der Waals surface area contributed by atoms with Crippen LogP contribution in [0, 0.1) is 0 Å². The van der Waals surface area contributed by atoms with Gasteiger partial charge >= 0.3 is 0 Å². The SMILES string of the molecule is CCCCCCCCN(CCCC)CCCNC(=O)c1ccc(-c2ccc(C(=O)NCCCN(CCCC)CCCCCCCC)cc2)cc1. The summed E-state index contributed by atoms with van der Waals surface area (Å²) in [5, 5.41) is 6.24. The third kappa shape index (κ3) is 19.6. The van der Waals surface area contributed by atoms with Gasteiger partial charge in [0.1, 0.15) is 0 Å². The highest BCUT2D eigenvalue weighted by Crippen LogP contribution is 2.21. The van der Waals surface area contributed by atoms with Gasteiger partial charge in [0.25, 0.3) is 11.8 Å². The number of amides is 2. The van der Waals surface area contributed by atoms with Crippen molar-refractivity contribution in [3.63, 3.8) is 0 Å². The molecule has 0 unspecified atom stereocenters. The zero-order valence-corrected chi connectivity index (χ0v) is 32.7. The van der Waals surface area contributed by atoms with Crippen molar-refractivity contribution in [2.75, 3.05) is 52.4 Å². The summed E-state index contributed by atoms with van der Waals surface area (Å²) < 4.78 is 0. The molecule has 0 aromatic heterocycles. The molecule has 2 amide bonds. The van der Waals surface area contributed by atoms with Gasteiger partial charge in [-0.1, -0.05) is 129 Å². The fourth-order valence-electron chi connectivity index (χ4n) is 6.51. The first-order valence-corrected chi connectivity index (χ1v) is 20.7. The lowest BCUT2D eigenvalue weighted by Crippen LogP contribution is -2.31. The number of nitrogens with zero attached hydrogens (tertiary/aromatic N) is 2. The van der Waals surface area contributed by atoms with E-state index >= 15 is 0 Å². The van der Waals surface area contributed by atoms with E-state index in [1.807, 2.05) is 48.5 Å². The summed E-state index contributed by atoms with van der Waals surface area (Å²) in [4.78, 5) is 30.8. The van der Waals surface area contributed by atoms with E-state index in [2.05, 4.69) is 48.1 Å². The van der Waals surface area contributed by atoms with Gasteiger partial charge in [-0.25, -0.2) is 0 Å². The van der Waals surface area contributed by atoms with Gasteiger partial charge in [0.2, 0.25) is 0 Å². The van der Waals surface area contributed by atoms with Gasteiger partial charge in [-0.3, -0.25) is 9.59 Å². The van der Waals surface area contributed by atoms with Gasteiger partial charge in [-0.15, -0.1) is 0 Å². The molecular formula is C44H74N4O2. The molecule has 6 nitrogen and oxygen atoms in total. The Kier molecular flexibility index (Phi) is 25.2. The van der Waals surface area contributed by atoms with Crippen LogP contribution in [0.15, 0.2) is 48.5 Å². The van der Waals surface area contributed by atoms with Crippen molar-refractivity contribution in [3.05, 3.63) is 59.7 Å². The predicted molar refractivity (Wildman–Crippen MR) is 215 cm³/mol. The quantitative estimate of drug-likeness (QED) is 0.0773. The fraction of sp³-hybridized carbons (Fsp3) is 0.682. The maximum absolute atomic E-state index is 12.8. The van der Waals surface area contributed by atoms with Gasteiger partial charge < -0.3 is 20.4 Å². The van der Waals surface area contributed by atoms with Crippen LogP contribution in [0.3, 0.4) is 0 Å². The Morgan fingerprint density at radius 2 is 0.700 bits per heavy atom. The van der Waals surface area contributed by atoms with Crippen molar-refractivity contribution in [3.8, 4) is 11.1 Å². The maximum atomic E-state index is 12.8. The van der Waals surface area contributed by atoms with E-state index in [0.717, 1.165) is 50.1 Å². The first-order valence-electron chi connectivity index (χ1n) is 20.7. The number of hydrogen-bond donors (Lipinski definition) is 2. The number of hydrogen-bond acceptors (Lipinski definition) is 4. The van der Waals surface area contributed by atoms with Crippen LogP contribution in [0.4, 0.5) is 0 Å². The Morgan fingerprint density at radius 3 is 1.06 bits per heavy atom. The maximum Gasteiger partial charge on any atom is 0.251 e. The summed E-state index contributed by atoms with van der Waals surface area (Å²) in [6, 6.07) is 15.6.